The van der Waals surface area contributed by atoms with Gasteiger partial charge in [-0.1, -0.05) is 19.1 Å². The average Bonchev–Trinajstić information content (AvgIpc) is 2.87. The van der Waals surface area contributed by atoms with Crippen LogP contribution in [-0.2, 0) is 14.6 Å². The minimum absolute atomic E-state index is 0.0126. The molecule has 1 aromatic carbocycles. The largest absolute Gasteiger partial charge is 0.324 e. The highest BCUT2D eigenvalue weighted by molar-refractivity contribution is 7.91. The summed E-state index contributed by atoms with van der Waals surface area (Å²) >= 11 is 0. The number of rotatable bonds is 4. The number of hydrogen-bond donors (Lipinski definition) is 2. The minimum atomic E-state index is -3.35. The molecule has 1 saturated heterocycles. The monoisotopic (exact) mass is 296 g/mol. The molecule has 1 unspecified atom stereocenters. The van der Waals surface area contributed by atoms with Crippen LogP contribution in [0.25, 0.3) is 0 Å². The lowest BCUT2D eigenvalue weighted by atomic mass is 9.89. The van der Waals surface area contributed by atoms with Crippen LogP contribution < -0.4 is 10.6 Å². The summed E-state index contributed by atoms with van der Waals surface area (Å²) in [6, 6.07) is 6.55. The van der Waals surface area contributed by atoms with Gasteiger partial charge >= 0.3 is 0 Å². The van der Waals surface area contributed by atoms with Crippen molar-refractivity contribution in [3.05, 3.63) is 24.3 Å². The number of benzene rings is 1. The molecular weight excluding hydrogens is 276 g/mol. The van der Waals surface area contributed by atoms with Crippen molar-refractivity contribution in [1.82, 2.24) is 5.32 Å². The molecule has 0 aromatic heterocycles. The van der Waals surface area contributed by atoms with E-state index in [0.29, 0.717) is 12.2 Å². The van der Waals surface area contributed by atoms with Gasteiger partial charge < -0.3 is 10.6 Å². The Morgan fingerprint density at radius 2 is 2.10 bits per heavy atom. The molecule has 1 aromatic rings. The van der Waals surface area contributed by atoms with Crippen molar-refractivity contribution in [1.29, 1.82) is 0 Å². The third-order valence-corrected chi connectivity index (χ3v) is 5.55. The van der Waals surface area contributed by atoms with E-state index in [-0.39, 0.29) is 16.6 Å². The first-order chi connectivity index (χ1) is 9.39. The summed E-state index contributed by atoms with van der Waals surface area (Å²) in [5.74, 6) is -0.125. The number of hydrogen-bond acceptors (Lipinski definition) is 4. The Labute approximate surface area is 119 Å². The molecule has 0 spiro atoms. The molecule has 2 rings (SSSR count). The van der Waals surface area contributed by atoms with Crippen LogP contribution in [-0.4, -0.2) is 33.2 Å². The molecule has 20 heavy (non-hydrogen) atoms. The van der Waals surface area contributed by atoms with Gasteiger partial charge in [0, 0.05) is 6.54 Å². The molecule has 1 atom stereocenters. The fourth-order valence-corrected chi connectivity index (χ4v) is 3.33. The van der Waals surface area contributed by atoms with Gasteiger partial charge in [-0.05, 0) is 32.0 Å². The van der Waals surface area contributed by atoms with Gasteiger partial charge in [0.05, 0.1) is 21.8 Å². The molecule has 0 bridgehead atoms. The molecular formula is C14H20N2O3S. The van der Waals surface area contributed by atoms with E-state index in [1.165, 1.54) is 6.07 Å². The Morgan fingerprint density at radius 1 is 1.40 bits per heavy atom. The summed E-state index contributed by atoms with van der Waals surface area (Å²) < 4.78 is 24.1. The standard InChI is InChI=1S/C14H20N2O3S/c1-3-20(18,19)12-7-5-4-6-11(12)16-13(17)14(2)8-9-15-10-14/h4-7,15H,3,8-10H2,1-2H3,(H,16,17). The maximum atomic E-state index is 12.4. The van der Waals surface area contributed by atoms with Gasteiger partial charge in [-0.25, -0.2) is 8.42 Å². The van der Waals surface area contributed by atoms with Crippen molar-refractivity contribution in [2.75, 3.05) is 24.2 Å². The van der Waals surface area contributed by atoms with Crippen molar-refractivity contribution in [3.8, 4) is 0 Å². The number of carbonyl (C=O) groups is 1. The van der Waals surface area contributed by atoms with Gasteiger partial charge in [0.25, 0.3) is 0 Å². The van der Waals surface area contributed by atoms with Gasteiger partial charge in [-0.2, -0.15) is 0 Å². The SMILES string of the molecule is CCS(=O)(=O)c1ccccc1NC(=O)C1(C)CCNC1. The molecule has 0 radical (unpaired) electrons. The normalized spacial score (nSPS) is 22.7. The summed E-state index contributed by atoms with van der Waals surface area (Å²) in [5, 5.41) is 5.93. The second kappa shape index (κ2) is 5.54. The van der Waals surface area contributed by atoms with Crippen LogP contribution in [0.15, 0.2) is 29.2 Å². The molecule has 1 heterocycles. The number of nitrogens with one attached hydrogen (secondary N) is 2. The fraction of sp³-hybridized carbons (Fsp3) is 0.500. The number of anilines is 1. The zero-order chi connectivity index (χ0) is 14.8. The van der Waals surface area contributed by atoms with Crippen LogP contribution >= 0.6 is 0 Å². The fourth-order valence-electron chi connectivity index (χ4n) is 2.28. The third kappa shape index (κ3) is 2.86. The van der Waals surface area contributed by atoms with E-state index in [1.807, 2.05) is 6.92 Å². The van der Waals surface area contributed by atoms with E-state index < -0.39 is 15.3 Å². The number of amides is 1. The van der Waals surface area contributed by atoms with Crippen LogP contribution in [0.4, 0.5) is 5.69 Å². The van der Waals surface area contributed by atoms with Crippen LogP contribution in [0.1, 0.15) is 20.3 Å². The predicted octanol–water partition coefficient (Wildman–Crippen LogP) is 1.42. The van der Waals surface area contributed by atoms with Gasteiger partial charge in [0.1, 0.15) is 0 Å². The summed E-state index contributed by atoms with van der Waals surface area (Å²) in [6.45, 7) is 4.90. The maximum Gasteiger partial charge on any atom is 0.231 e. The molecule has 0 saturated carbocycles. The molecule has 110 valence electrons. The Hall–Kier alpha value is -1.40. The zero-order valence-corrected chi connectivity index (χ0v) is 12.6. The highest BCUT2D eigenvalue weighted by Gasteiger charge is 2.36. The number of carbonyl (C=O) groups excluding carboxylic acids is 1. The van der Waals surface area contributed by atoms with Gasteiger partial charge in [0.15, 0.2) is 9.84 Å². The summed E-state index contributed by atoms with van der Waals surface area (Å²) in [7, 11) is -3.35. The lowest BCUT2D eigenvalue weighted by Gasteiger charge is -2.22. The van der Waals surface area contributed by atoms with Crippen LogP contribution in [0.5, 0.6) is 0 Å². The van der Waals surface area contributed by atoms with E-state index in [1.54, 1.807) is 25.1 Å². The molecule has 1 aliphatic heterocycles. The second-order valence-electron chi connectivity index (χ2n) is 5.34. The summed E-state index contributed by atoms with van der Waals surface area (Å²) in [4.78, 5) is 12.5. The Kier molecular flexibility index (Phi) is 4.15. The predicted molar refractivity (Wildman–Crippen MR) is 78.4 cm³/mol. The van der Waals surface area contributed by atoms with Crippen molar-refractivity contribution >= 4 is 21.4 Å². The van der Waals surface area contributed by atoms with Gasteiger partial charge in [-0.15, -0.1) is 0 Å². The third-order valence-electron chi connectivity index (χ3n) is 3.77. The van der Waals surface area contributed by atoms with Crippen LogP contribution in [0.2, 0.25) is 0 Å². The zero-order valence-electron chi connectivity index (χ0n) is 11.8. The Balaban J connectivity index is 2.29. The summed E-state index contributed by atoms with van der Waals surface area (Å²) in [6.07, 6.45) is 0.752. The second-order valence-corrected chi connectivity index (χ2v) is 7.59. The molecule has 1 aliphatic rings. The molecule has 5 nitrogen and oxygen atoms in total. The van der Waals surface area contributed by atoms with Crippen LogP contribution in [0, 0.1) is 5.41 Å². The van der Waals surface area contributed by atoms with E-state index in [2.05, 4.69) is 10.6 Å². The minimum Gasteiger partial charge on any atom is -0.324 e. The first-order valence-electron chi connectivity index (χ1n) is 6.73. The van der Waals surface area contributed by atoms with Crippen LogP contribution in [0.3, 0.4) is 0 Å². The Morgan fingerprint density at radius 3 is 2.70 bits per heavy atom. The lowest BCUT2D eigenvalue weighted by molar-refractivity contribution is -0.123. The topological polar surface area (TPSA) is 75.3 Å². The Bertz CT molecular complexity index is 605. The summed E-state index contributed by atoms with van der Waals surface area (Å²) in [5.41, 5.74) is -0.115. The molecule has 0 aliphatic carbocycles. The average molecular weight is 296 g/mol. The molecule has 6 heteroatoms. The van der Waals surface area contributed by atoms with Gasteiger partial charge in [-0.3, -0.25) is 4.79 Å². The van der Waals surface area contributed by atoms with E-state index in [9.17, 15) is 13.2 Å². The number of sulfone groups is 1. The molecule has 1 amide bonds. The highest BCUT2D eigenvalue weighted by atomic mass is 32.2. The van der Waals surface area contributed by atoms with Gasteiger partial charge in [0.2, 0.25) is 5.91 Å². The van der Waals surface area contributed by atoms with E-state index >= 15 is 0 Å². The van der Waals surface area contributed by atoms with Crippen molar-refractivity contribution in [3.63, 3.8) is 0 Å². The van der Waals surface area contributed by atoms with E-state index in [0.717, 1.165) is 13.0 Å². The molecule has 2 N–H and O–H groups in total. The lowest BCUT2D eigenvalue weighted by Crippen LogP contribution is -2.35. The van der Waals surface area contributed by atoms with E-state index in [4.69, 9.17) is 0 Å². The maximum absolute atomic E-state index is 12.4. The van der Waals surface area contributed by atoms with Crippen molar-refractivity contribution in [2.24, 2.45) is 5.41 Å². The first kappa shape index (κ1) is 15.0. The van der Waals surface area contributed by atoms with Crippen molar-refractivity contribution < 1.29 is 13.2 Å². The number of para-hydroxylation sites is 1. The quantitative estimate of drug-likeness (QED) is 0.881. The van der Waals surface area contributed by atoms with Crippen molar-refractivity contribution in [2.45, 2.75) is 25.2 Å². The first-order valence-corrected chi connectivity index (χ1v) is 8.38. The molecule has 1 fully saturated rings. The smallest absolute Gasteiger partial charge is 0.231 e. The highest BCUT2D eigenvalue weighted by Crippen LogP contribution is 2.28.